The van der Waals surface area contributed by atoms with Gasteiger partial charge < -0.3 is 4.98 Å². The van der Waals surface area contributed by atoms with E-state index in [0.29, 0.717) is 28.4 Å². The number of aromatic nitrogens is 1. The van der Waals surface area contributed by atoms with Crippen LogP contribution in [-0.4, -0.2) is 11.3 Å². The Balaban J connectivity index is 2.89. The molecular weight excluding hydrogens is 188 g/mol. The van der Waals surface area contributed by atoms with Gasteiger partial charge in [0, 0.05) is 28.2 Å². The van der Waals surface area contributed by atoms with Crippen LogP contribution in [0.15, 0.2) is 12.1 Å². The Labute approximate surface area is 78.5 Å². The summed E-state index contributed by atoms with van der Waals surface area (Å²) in [5.74, 6) is -1.87. The largest absolute Gasteiger partial charge is 0.358 e. The maximum Gasteiger partial charge on any atom is 0.160 e. The van der Waals surface area contributed by atoms with Gasteiger partial charge in [-0.2, -0.15) is 0 Å². The first-order chi connectivity index (χ1) is 6.63. The third-order valence-electron chi connectivity index (χ3n) is 2.19. The summed E-state index contributed by atoms with van der Waals surface area (Å²) in [4.78, 5) is 13.5. The van der Waals surface area contributed by atoms with E-state index in [0.717, 1.165) is 12.1 Å². The second-order valence-corrected chi connectivity index (χ2v) is 3.09. The van der Waals surface area contributed by atoms with Crippen LogP contribution >= 0.6 is 0 Å². The standard InChI is InChI=1S/C10H7F2NO/c1-5-7(4-14)6-2-8(11)9(12)3-10(6)13-5/h2-4,13H,1H3. The maximum absolute atomic E-state index is 12.9. The minimum absolute atomic E-state index is 0.374. The van der Waals surface area contributed by atoms with E-state index in [-0.39, 0.29) is 0 Å². The minimum atomic E-state index is -0.945. The molecule has 1 aromatic heterocycles. The Morgan fingerprint density at radius 2 is 1.93 bits per heavy atom. The van der Waals surface area contributed by atoms with E-state index in [1.165, 1.54) is 0 Å². The molecule has 1 aromatic carbocycles. The molecule has 0 aliphatic heterocycles. The summed E-state index contributed by atoms with van der Waals surface area (Å²) >= 11 is 0. The number of fused-ring (bicyclic) bond motifs is 1. The van der Waals surface area contributed by atoms with E-state index in [4.69, 9.17) is 0 Å². The number of carbonyl (C=O) groups excluding carboxylic acids is 1. The van der Waals surface area contributed by atoms with Gasteiger partial charge in [-0.25, -0.2) is 8.78 Å². The van der Waals surface area contributed by atoms with Gasteiger partial charge in [-0.1, -0.05) is 0 Å². The Morgan fingerprint density at radius 1 is 1.29 bits per heavy atom. The van der Waals surface area contributed by atoms with Crippen molar-refractivity contribution in [2.75, 3.05) is 0 Å². The second kappa shape index (κ2) is 2.90. The van der Waals surface area contributed by atoms with Crippen LogP contribution in [0, 0.1) is 18.6 Å². The average molecular weight is 195 g/mol. The molecule has 0 saturated heterocycles. The van der Waals surface area contributed by atoms with Crippen molar-refractivity contribution in [3.8, 4) is 0 Å². The van der Waals surface area contributed by atoms with E-state index in [9.17, 15) is 13.6 Å². The number of nitrogens with one attached hydrogen (secondary N) is 1. The molecule has 1 heterocycles. The fourth-order valence-electron chi connectivity index (χ4n) is 1.50. The smallest absolute Gasteiger partial charge is 0.160 e. The van der Waals surface area contributed by atoms with Crippen LogP contribution in [0.5, 0.6) is 0 Å². The van der Waals surface area contributed by atoms with Crippen LogP contribution < -0.4 is 0 Å². The molecule has 2 aromatic rings. The first kappa shape index (κ1) is 8.87. The van der Waals surface area contributed by atoms with Crippen LogP contribution in [0.25, 0.3) is 10.9 Å². The van der Waals surface area contributed by atoms with Crippen LogP contribution in [0.1, 0.15) is 16.1 Å². The van der Waals surface area contributed by atoms with Gasteiger partial charge in [0.2, 0.25) is 0 Å². The van der Waals surface area contributed by atoms with Gasteiger partial charge >= 0.3 is 0 Å². The molecule has 0 radical (unpaired) electrons. The Morgan fingerprint density at radius 3 is 2.57 bits per heavy atom. The molecule has 0 aliphatic carbocycles. The van der Waals surface area contributed by atoms with Crippen LogP contribution in [-0.2, 0) is 0 Å². The highest BCUT2D eigenvalue weighted by molar-refractivity contribution is 5.98. The number of aldehydes is 1. The molecular formula is C10H7F2NO. The van der Waals surface area contributed by atoms with E-state index in [2.05, 4.69) is 4.98 Å². The molecule has 0 aliphatic rings. The van der Waals surface area contributed by atoms with Crippen molar-refractivity contribution < 1.29 is 13.6 Å². The fourth-order valence-corrected chi connectivity index (χ4v) is 1.50. The second-order valence-electron chi connectivity index (χ2n) is 3.09. The third kappa shape index (κ3) is 1.11. The monoisotopic (exact) mass is 195 g/mol. The van der Waals surface area contributed by atoms with E-state index in [1.54, 1.807) is 6.92 Å². The molecule has 0 bridgehead atoms. The van der Waals surface area contributed by atoms with E-state index < -0.39 is 11.6 Å². The van der Waals surface area contributed by atoms with Crippen LogP contribution in [0.2, 0.25) is 0 Å². The number of hydrogen-bond acceptors (Lipinski definition) is 1. The number of rotatable bonds is 1. The maximum atomic E-state index is 12.9. The van der Waals surface area contributed by atoms with Crippen LogP contribution in [0.3, 0.4) is 0 Å². The van der Waals surface area contributed by atoms with Gasteiger partial charge in [0.05, 0.1) is 0 Å². The predicted octanol–water partition coefficient (Wildman–Crippen LogP) is 2.57. The van der Waals surface area contributed by atoms with Crippen LogP contribution in [0.4, 0.5) is 8.78 Å². The third-order valence-corrected chi connectivity index (χ3v) is 2.19. The predicted molar refractivity (Wildman–Crippen MR) is 48.3 cm³/mol. The molecule has 14 heavy (non-hydrogen) atoms. The minimum Gasteiger partial charge on any atom is -0.358 e. The summed E-state index contributed by atoms with van der Waals surface area (Å²) in [7, 11) is 0. The van der Waals surface area contributed by atoms with Crippen molar-refractivity contribution in [1.29, 1.82) is 0 Å². The number of benzene rings is 1. The Hall–Kier alpha value is -1.71. The molecule has 0 amide bonds. The molecule has 0 saturated carbocycles. The summed E-state index contributed by atoms with van der Waals surface area (Å²) in [6.07, 6.45) is 0.630. The SMILES string of the molecule is Cc1[nH]c2cc(F)c(F)cc2c1C=O. The lowest BCUT2D eigenvalue weighted by molar-refractivity contribution is 0.112. The normalized spacial score (nSPS) is 10.8. The number of halogens is 2. The van der Waals surface area contributed by atoms with Crippen molar-refractivity contribution >= 4 is 17.2 Å². The van der Waals surface area contributed by atoms with Gasteiger partial charge in [-0.15, -0.1) is 0 Å². The molecule has 2 nitrogen and oxygen atoms in total. The molecule has 0 atom stereocenters. The van der Waals surface area contributed by atoms with E-state index >= 15 is 0 Å². The fraction of sp³-hybridized carbons (Fsp3) is 0.100. The molecule has 1 N–H and O–H groups in total. The van der Waals surface area contributed by atoms with Gasteiger partial charge in [0.15, 0.2) is 17.9 Å². The Bertz CT molecular complexity index is 516. The highest BCUT2D eigenvalue weighted by Gasteiger charge is 2.11. The zero-order valence-corrected chi connectivity index (χ0v) is 7.40. The molecule has 2 rings (SSSR count). The molecule has 0 fully saturated rings. The topological polar surface area (TPSA) is 32.9 Å². The average Bonchev–Trinajstić information content (AvgIpc) is 2.42. The zero-order chi connectivity index (χ0) is 10.3. The van der Waals surface area contributed by atoms with Gasteiger partial charge in [0.1, 0.15) is 0 Å². The quantitative estimate of drug-likeness (QED) is 0.697. The number of aryl methyl sites for hydroxylation is 1. The highest BCUT2D eigenvalue weighted by atomic mass is 19.2. The van der Waals surface area contributed by atoms with Crippen molar-refractivity contribution in [2.24, 2.45) is 0 Å². The van der Waals surface area contributed by atoms with E-state index in [1.807, 2.05) is 0 Å². The molecule has 0 spiro atoms. The van der Waals surface area contributed by atoms with Crippen molar-refractivity contribution in [3.05, 3.63) is 35.0 Å². The molecule has 72 valence electrons. The first-order valence-electron chi connectivity index (χ1n) is 4.06. The van der Waals surface area contributed by atoms with Crippen molar-refractivity contribution in [3.63, 3.8) is 0 Å². The van der Waals surface area contributed by atoms with Gasteiger partial charge in [0.25, 0.3) is 0 Å². The van der Waals surface area contributed by atoms with Gasteiger partial charge in [-0.05, 0) is 13.0 Å². The zero-order valence-electron chi connectivity index (χ0n) is 7.40. The summed E-state index contributed by atoms with van der Waals surface area (Å²) in [5.41, 5.74) is 1.42. The number of aromatic amines is 1. The molecule has 4 heteroatoms. The lowest BCUT2D eigenvalue weighted by Gasteiger charge is -1.93. The lowest BCUT2D eigenvalue weighted by atomic mass is 10.1. The summed E-state index contributed by atoms with van der Waals surface area (Å²) < 4.78 is 25.7. The molecule has 0 unspecified atom stereocenters. The summed E-state index contributed by atoms with van der Waals surface area (Å²) in [6, 6.07) is 2.07. The number of hydrogen-bond donors (Lipinski definition) is 1. The number of carbonyl (C=O) groups is 1. The highest BCUT2D eigenvalue weighted by Crippen LogP contribution is 2.23. The number of H-pyrrole nitrogens is 1. The Kier molecular flexibility index (Phi) is 1.84. The summed E-state index contributed by atoms with van der Waals surface area (Å²) in [5, 5.41) is 0.413. The first-order valence-corrected chi connectivity index (χ1v) is 4.06. The van der Waals surface area contributed by atoms with Crippen molar-refractivity contribution in [1.82, 2.24) is 4.98 Å². The van der Waals surface area contributed by atoms with Gasteiger partial charge in [-0.3, -0.25) is 4.79 Å². The summed E-state index contributed by atoms with van der Waals surface area (Å²) in [6.45, 7) is 1.68. The lowest BCUT2D eigenvalue weighted by Crippen LogP contribution is -1.84. The van der Waals surface area contributed by atoms with Crippen molar-refractivity contribution in [2.45, 2.75) is 6.92 Å².